The number of aromatic nitrogens is 6. The molecule has 386 valence electrons. The third-order valence-corrected chi connectivity index (χ3v) is 23.4. The number of benzene rings is 12. The van der Waals surface area contributed by atoms with Crippen molar-refractivity contribution in [1.29, 1.82) is 0 Å². The maximum atomic E-state index is 10.7. The first kappa shape index (κ1) is 19.9. The van der Waals surface area contributed by atoms with E-state index in [2.05, 4.69) is 0 Å². The number of rotatable bonds is 7. The molecule has 0 bridgehead atoms. The van der Waals surface area contributed by atoms with Crippen molar-refractivity contribution in [2.45, 2.75) is 0 Å². The van der Waals surface area contributed by atoms with Gasteiger partial charge in [0.15, 0.2) is 27.8 Å². The number of nitrogens with zero attached hydrogens (tertiary/aromatic N) is 6. The molecule has 12 aromatic carbocycles. The molecule has 0 radical (unpaired) electrons. The number of para-hydroxylation sites is 8. The van der Waals surface area contributed by atoms with E-state index in [1.807, 2.05) is 0 Å². The number of hydrogen-bond donors (Lipinski definition) is 0. The predicted molar refractivity (Wildman–Crippen MR) is 348 cm³/mol. The summed E-state index contributed by atoms with van der Waals surface area (Å²) in [7, 11) is -13.5. The van der Waals surface area contributed by atoms with Gasteiger partial charge in [0.1, 0.15) is 0 Å². The van der Waals surface area contributed by atoms with Gasteiger partial charge >= 0.3 is 0 Å². The monoisotopic (exact) mass is 1140 g/mol. The number of hydrogen-bond acceptors (Lipinski definition) is 3. The molecule has 2 aliphatic heterocycles. The summed E-state index contributed by atoms with van der Waals surface area (Å²) in [5.41, 5.74) is -10.4. The van der Waals surface area contributed by atoms with E-state index < -0.39 is 447 Å². The topological polar surface area (TPSA) is 53.5 Å². The second-order valence-electron chi connectivity index (χ2n) is 18.6. The fraction of sp³-hybridized carbons (Fsp3) is 0. The molecule has 4 aromatic heterocycles. The minimum atomic E-state index is -6.74. The quantitative estimate of drug-likeness (QED) is 0.149. The van der Waals surface area contributed by atoms with E-state index in [9.17, 15) is 56.2 Å². The van der Waals surface area contributed by atoms with Crippen molar-refractivity contribution in [3.05, 3.63) is 290 Å². The Morgan fingerprint density at radius 3 is 1.02 bits per heavy atom. The average Bonchev–Trinajstić information content (AvgIpc) is 1.30. The van der Waals surface area contributed by atoms with Gasteiger partial charge in [0.25, 0.3) is 0 Å². The fourth-order valence-corrected chi connectivity index (χ4v) is 20.2. The minimum absolute atomic E-state index is 0.605. The van der Waals surface area contributed by atoms with Crippen LogP contribution in [-0.4, -0.2) is 44.8 Å². The third-order valence-electron chi connectivity index (χ3n) is 14.9. The molecule has 0 fully saturated rings. The Bertz CT molecular complexity index is 7630. The maximum Gasteiger partial charge on any atom is 0.238 e. The van der Waals surface area contributed by atoms with Crippen molar-refractivity contribution >= 4 is 123 Å². The summed E-state index contributed by atoms with van der Waals surface area (Å²) in [6, 6.07) is -57.9. The van der Waals surface area contributed by atoms with Crippen LogP contribution < -0.4 is 41.5 Å². The van der Waals surface area contributed by atoms with Crippen LogP contribution in [-0.2, 0) is 0 Å². The summed E-state index contributed by atoms with van der Waals surface area (Å²) in [4.78, 5) is 14.8. The predicted octanol–water partition coefficient (Wildman–Crippen LogP) is 11.9. The van der Waals surface area contributed by atoms with Gasteiger partial charge in [-0.1, -0.05) is 254 Å². The van der Waals surface area contributed by atoms with Crippen LogP contribution in [0.25, 0.3) is 106 Å². The number of fused-ring (bicyclic) bond motifs is 13. The first-order chi connectivity index (χ1) is 60.7. The summed E-state index contributed by atoms with van der Waals surface area (Å²) < 4.78 is 462. The van der Waals surface area contributed by atoms with E-state index >= 15 is 0 Å². The van der Waals surface area contributed by atoms with Crippen LogP contribution in [0, 0.1) is 0 Å². The Hall–Kier alpha value is -10.5. The van der Waals surface area contributed by atoms with Crippen molar-refractivity contribution in [3.63, 3.8) is 0 Å². The van der Waals surface area contributed by atoms with E-state index in [0.717, 1.165) is 6.07 Å². The Morgan fingerprint density at radius 1 is 0.265 bits per heavy atom. The summed E-state index contributed by atoms with van der Waals surface area (Å²) in [6.45, 7) is 0. The maximum absolute atomic E-state index is 10.7. The van der Waals surface area contributed by atoms with Gasteiger partial charge in [0.2, 0.25) is 5.95 Å². The fourth-order valence-electron chi connectivity index (χ4n) is 11.8. The molecule has 0 atom stereocenters. The molecular weight excluding hydrogens is 1040 g/mol. The van der Waals surface area contributed by atoms with Gasteiger partial charge in [-0.2, -0.15) is 9.97 Å². The van der Waals surface area contributed by atoms with Gasteiger partial charge in [0.05, 0.1) is 109 Å². The Balaban J connectivity index is 1.21. The van der Waals surface area contributed by atoms with E-state index in [-0.39, 0.29) is 0 Å². The molecule has 0 unspecified atom stereocenters. The second kappa shape index (κ2) is 17.5. The highest BCUT2D eigenvalue weighted by molar-refractivity contribution is 7.22. The second-order valence-corrected chi connectivity index (χ2v) is 25.6. The molecule has 8 heteroatoms. The smallest absolute Gasteiger partial charge is 0.238 e. The molecular formula is C75H48N6Si2. The molecule has 0 saturated carbocycles. The molecule has 6 heterocycles. The van der Waals surface area contributed by atoms with Crippen LogP contribution in [0.15, 0.2) is 290 Å². The zero-order chi connectivity index (χ0) is 95.3. The van der Waals surface area contributed by atoms with Gasteiger partial charge in [0, 0.05) is 43.4 Å². The summed E-state index contributed by atoms with van der Waals surface area (Å²) in [5.74, 6) is -4.15. The lowest BCUT2D eigenvalue weighted by Gasteiger charge is -2.40. The van der Waals surface area contributed by atoms with Gasteiger partial charge in [-0.15, -0.1) is 0 Å². The van der Waals surface area contributed by atoms with Crippen LogP contribution in [0.5, 0.6) is 0 Å². The van der Waals surface area contributed by atoms with Gasteiger partial charge in [-0.05, 0) is 77.7 Å². The molecule has 0 aliphatic carbocycles. The summed E-state index contributed by atoms with van der Waals surface area (Å²) >= 11 is 0. The van der Waals surface area contributed by atoms with Crippen molar-refractivity contribution in [1.82, 2.24) is 28.7 Å². The van der Waals surface area contributed by atoms with E-state index in [0.29, 0.717) is 13.7 Å². The van der Waals surface area contributed by atoms with Crippen LogP contribution in [0.2, 0.25) is 0 Å². The molecule has 0 spiro atoms. The first-order valence-electron chi connectivity index (χ1n) is 48.2. The molecule has 83 heavy (non-hydrogen) atoms. The molecule has 0 N–H and O–H groups in total. The van der Waals surface area contributed by atoms with Crippen molar-refractivity contribution in [2.75, 3.05) is 0 Å². The lowest BCUT2D eigenvalue weighted by Crippen LogP contribution is -2.76. The zero-order valence-corrected chi connectivity index (χ0v) is 43.3. The van der Waals surface area contributed by atoms with Crippen LogP contribution >= 0.6 is 0 Å². The van der Waals surface area contributed by atoms with Gasteiger partial charge in [-0.3, -0.25) is 4.57 Å². The van der Waals surface area contributed by atoms with Crippen molar-refractivity contribution in [3.8, 4) is 40.1 Å². The zero-order valence-electron chi connectivity index (χ0n) is 88.3. The van der Waals surface area contributed by atoms with Crippen LogP contribution in [0.3, 0.4) is 0 Å². The van der Waals surface area contributed by atoms with Crippen LogP contribution in [0.1, 0.15) is 64.4 Å². The Morgan fingerprint density at radius 2 is 0.590 bits per heavy atom. The molecule has 0 saturated heterocycles. The Labute approximate surface area is 546 Å². The van der Waals surface area contributed by atoms with Gasteiger partial charge < -0.3 is 9.13 Å². The highest BCUT2D eigenvalue weighted by Crippen LogP contribution is 2.42. The molecule has 0 amide bonds. The van der Waals surface area contributed by atoms with Crippen molar-refractivity contribution in [2.24, 2.45) is 0 Å². The third kappa shape index (κ3) is 6.12. The van der Waals surface area contributed by atoms with E-state index in [4.69, 9.17) is 23.2 Å². The molecule has 16 aromatic rings. The lowest BCUT2D eigenvalue weighted by molar-refractivity contribution is 0.950. The van der Waals surface area contributed by atoms with E-state index in [1.165, 1.54) is 0 Å². The summed E-state index contributed by atoms with van der Waals surface area (Å²) in [6.07, 6.45) is 0. The standard InChI is InChI=1S/C75H48N6Si2/c1-5-25-49(26-6-1)82(50-27-7-2-8-28-50)65-45-21-37-57-55-35-15-19-43-63(55)80(69(57)65)71-59(39-23-47-67(71)82)73-76-74(78-75(77-73)79-61-41-17-13-33-53(61)54-34-14-18-42-62(54)79)60-40-24-48-68-72(60)81-64-44-20-16-36-56(64)58-38-22-46-66(70(58)81)83(68,51-29-9-3-10-30-51)52-31-11-4-12-32-52/h1-48H/i1D,2D,3D,4D,5D,6D,7D,8D,9D,10D,11D,12D,13D,14D,15D,16D,17D,19D,20D,21D,22D,23D,24D,25D,26D,27D,28D,29D,30D,31D,32D,33D,34D,35D,36D,37D,38D,39D,40D,41D,42D,43D,44D,45D,46D,47D,48D. The van der Waals surface area contributed by atoms with E-state index in [1.54, 1.807) is 0 Å². The lowest BCUT2D eigenvalue weighted by atomic mass is 10.1. The highest BCUT2D eigenvalue weighted by atomic mass is 28.3. The summed E-state index contributed by atoms with van der Waals surface area (Å²) in [5, 5.41) is -14.1. The SMILES string of the molecule is [2H]c1cc([2H])c2c(c1[2H])c1c([2H])c([2H])c([2H])c([2H])c1n2-c1nc(-c2c([2H])c([2H])c([2H])c3c2-n2c4c([2H])c([2H])c([2H])c([2H])c4c4c([2H])c([2H])c([2H])c(c42)[Si]3(c2c([2H])c([2H])c([2H])c([2H])c2[2H])c2c([2H])c([2H])c([2H])c([2H])c2[2H])nc(-c2c([2H])c([2H])c([2H])c3c2-n2c4c([2H])c([2H])c([2H])c([2H])c4c4c([2H])c([2H])c([2H])c(c42)[Si]3(c2c([2H])c([2H])c([2H])c([2H])c2[2H])c2c([2H])c([2H])c([2H])c([2H])c2[2H])n1. The van der Waals surface area contributed by atoms with Crippen LogP contribution in [0.4, 0.5) is 0 Å². The first-order valence-corrected chi connectivity index (χ1v) is 28.7. The average molecular weight is 1140 g/mol. The van der Waals surface area contributed by atoms with Gasteiger partial charge in [-0.25, -0.2) is 4.98 Å². The molecule has 6 nitrogen and oxygen atoms in total. The molecule has 2 aliphatic rings. The minimum Gasteiger partial charge on any atom is -0.309 e. The normalized spacial score (nSPS) is 21.7. The van der Waals surface area contributed by atoms with Crippen molar-refractivity contribution < 1.29 is 64.4 Å². The Kier molecular flexibility index (Phi) is 4.19. The highest BCUT2D eigenvalue weighted by Gasteiger charge is 2.50. The largest absolute Gasteiger partial charge is 0.309 e. The molecule has 18 rings (SSSR count).